The summed E-state index contributed by atoms with van der Waals surface area (Å²) in [7, 11) is 0. The first-order valence-electron chi connectivity index (χ1n) is 32.0. The molecule has 7 unspecified atom stereocenters. The second-order valence-corrected chi connectivity index (χ2v) is 27.6. The van der Waals surface area contributed by atoms with Gasteiger partial charge in [0.05, 0.1) is 44.2 Å². The van der Waals surface area contributed by atoms with E-state index in [1.807, 2.05) is 156 Å². The number of nitrogens with two attached hydrogens (primary N) is 1. The van der Waals surface area contributed by atoms with E-state index >= 15 is 0 Å². The Hall–Kier alpha value is -5.40. The van der Waals surface area contributed by atoms with Gasteiger partial charge in [0.15, 0.2) is 17.3 Å². The number of ether oxygens (including phenoxy) is 2. The van der Waals surface area contributed by atoms with E-state index in [2.05, 4.69) is 21.3 Å². The van der Waals surface area contributed by atoms with Crippen molar-refractivity contribution in [3.63, 3.8) is 0 Å². The third-order valence-electron chi connectivity index (χ3n) is 14.7. The molecule has 2 aromatic carbocycles. The number of amides is 4. The summed E-state index contributed by atoms with van der Waals surface area (Å²) < 4.78 is 10.7. The van der Waals surface area contributed by atoms with Crippen LogP contribution >= 0.6 is 23.5 Å². The molecule has 0 radical (unpaired) electrons. The van der Waals surface area contributed by atoms with Crippen molar-refractivity contribution in [2.24, 2.45) is 64.9 Å². The highest BCUT2D eigenvalue weighted by atomic mass is 32.2. The largest absolute Gasteiger partial charge is 0.465 e. The third kappa shape index (κ3) is 38.1. The van der Waals surface area contributed by atoms with Gasteiger partial charge in [-0.3, -0.25) is 47.9 Å². The van der Waals surface area contributed by atoms with Crippen molar-refractivity contribution in [3.05, 3.63) is 71.8 Å². The maximum absolute atomic E-state index is 13.8. The summed E-state index contributed by atoms with van der Waals surface area (Å²) in [5, 5.41) is 11.7. The summed E-state index contributed by atoms with van der Waals surface area (Å²) in [5.74, 6) is -3.09. The van der Waals surface area contributed by atoms with Crippen molar-refractivity contribution in [2.45, 2.75) is 199 Å². The van der Waals surface area contributed by atoms with Gasteiger partial charge in [0, 0.05) is 67.9 Å². The number of esters is 2. The minimum absolute atomic E-state index is 0. The molecule has 0 aliphatic carbocycles. The molecule has 504 valence electrons. The molecular formula is C70H115N5O12S2. The summed E-state index contributed by atoms with van der Waals surface area (Å²) >= 11 is 3.18. The lowest BCUT2D eigenvalue weighted by Gasteiger charge is -2.25. The minimum Gasteiger partial charge on any atom is -0.465 e. The van der Waals surface area contributed by atoms with E-state index in [9.17, 15) is 47.9 Å². The summed E-state index contributed by atoms with van der Waals surface area (Å²) in [6.45, 7) is 24.2. The van der Waals surface area contributed by atoms with Gasteiger partial charge in [-0.2, -0.15) is 23.5 Å². The first-order chi connectivity index (χ1) is 41.6. The molecule has 4 amide bonds. The molecule has 0 fully saturated rings. The zero-order valence-electron chi connectivity index (χ0n) is 55.7. The van der Waals surface area contributed by atoms with Gasteiger partial charge in [-0.25, -0.2) is 0 Å². The number of carbonyl (C=O) groups is 10. The molecule has 19 heteroatoms. The van der Waals surface area contributed by atoms with Gasteiger partial charge in [-0.15, -0.1) is 0 Å². The Balaban J connectivity index is 0.00000173. The molecule has 17 nitrogen and oxygen atoms in total. The molecule has 2 rings (SSSR count). The van der Waals surface area contributed by atoms with Crippen molar-refractivity contribution >= 4 is 82.2 Å². The minimum atomic E-state index is -0.783. The molecule has 2 aromatic rings. The van der Waals surface area contributed by atoms with Gasteiger partial charge in [0.25, 0.3) is 0 Å². The lowest BCUT2D eigenvalue weighted by atomic mass is 9.88. The van der Waals surface area contributed by atoms with Crippen LogP contribution in [0.2, 0.25) is 0 Å². The SMILES string of the molecule is C.CSCCC(CC(=O)OCC(C)C)C(=O)NC(CC(C)C)C(=O)CC(Cc1ccccc1)C(=O)NCCC(=O)C(C)C.CSCCC(CC(=O)OCC(C)C)C(=O)NC(CC(C)C)C(=O)CC(Cc1ccccc1)C(=O)NCCCCC(N)C(=O)C(C)C. The highest BCUT2D eigenvalue weighted by Crippen LogP contribution is 2.23. The number of nitrogens with one attached hydrogen (secondary N) is 4. The molecule has 0 aliphatic rings. The molecule has 0 spiro atoms. The number of benzene rings is 2. The summed E-state index contributed by atoms with van der Waals surface area (Å²) in [5.41, 5.74) is 7.87. The van der Waals surface area contributed by atoms with E-state index in [0.29, 0.717) is 89.1 Å². The summed E-state index contributed by atoms with van der Waals surface area (Å²) in [6.07, 6.45) is 8.42. The van der Waals surface area contributed by atoms with Gasteiger partial charge in [-0.05, 0) is 117 Å². The second-order valence-electron chi connectivity index (χ2n) is 25.6. The fourth-order valence-corrected chi connectivity index (χ4v) is 10.6. The van der Waals surface area contributed by atoms with Crippen LogP contribution in [0.1, 0.15) is 179 Å². The molecule has 0 aliphatic heterocycles. The lowest BCUT2D eigenvalue weighted by Crippen LogP contribution is -2.46. The van der Waals surface area contributed by atoms with Crippen LogP contribution < -0.4 is 27.0 Å². The van der Waals surface area contributed by atoms with Gasteiger partial charge < -0.3 is 36.5 Å². The van der Waals surface area contributed by atoms with Gasteiger partial charge in [-0.1, -0.05) is 151 Å². The number of hydrogen-bond acceptors (Lipinski definition) is 15. The average molecular weight is 1280 g/mol. The molecule has 0 heterocycles. The lowest BCUT2D eigenvalue weighted by molar-refractivity contribution is -0.148. The molecule has 0 saturated heterocycles. The quantitative estimate of drug-likeness (QED) is 0.0305. The van der Waals surface area contributed by atoms with Crippen LogP contribution in [0.4, 0.5) is 0 Å². The number of unbranched alkanes of at least 4 members (excludes halogenated alkanes) is 1. The zero-order valence-corrected chi connectivity index (χ0v) is 57.3. The van der Waals surface area contributed by atoms with Crippen molar-refractivity contribution in [1.82, 2.24) is 21.3 Å². The van der Waals surface area contributed by atoms with Gasteiger partial charge in [0.1, 0.15) is 5.78 Å². The van der Waals surface area contributed by atoms with Crippen LogP contribution in [-0.4, -0.2) is 127 Å². The fourth-order valence-electron chi connectivity index (χ4n) is 9.52. The number of ketones is 4. The Kier molecular flexibility index (Phi) is 44.6. The molecule has 89 heavy (non-hydrogen) atoms. The van der Waals surface area contributed by atoms with E-state index in [1.54, 1.807) is 23.5 Å². The first-order valence-corrected chi connectivity index (χ1v) is 34.8. The predicted molar refractivity (Wildman–Crippen MR) is 362 cm³/mol. The summed E-state index contributed by atoms with van der Waals surface area (Å²) in [6, 6.07) is 17.0. The molecule has 0 aromatic heterocycles. The molecule has 0 bridgehead atoms. The van der Waals surface area contributed by atoms with Gasteiger partial charge in [0.2, 0.25) is 23.6 Å². The highest BCUT2D eigenvalue weighted by Gasteiger charge is 2.34. The first kappa shape index (κ1) is 83.6. The monoisotopic (exact) mass is 1280 g/mol. The van der Waals surface area contributed by atoms with Crippen LogP contribution in [0, 0.1) is 59.2 Å². The maximum atomic E-state index is 13.8. The standard InChI is InChI=1S/C36H59N3O6S.C33H52N2O6S.CH4/c1-24(2)19-31(39-36(44)28(16-18-46-7)22-33(41)45-23-25(3)4)32(40)21-29(20-27-13-9-8-10-14-27)35(43)38-17-12-11-15-30(37)34(42)26(5)6;1-22(2)17-28(35-33(40)26(14-16-42-7)20-31(38)41-21-23(3)4)30(37)19-27(18-25-11-9-8-10-12-25)32(39)34-15-13-29(36)24(5)6;/h8-10,13-14,24-26,28-31H,11-12,15-23,37H2,1-7H3,(H,38,43)(H,39,44);8-12,22-24,26-28H,13-21H2,1-7H3,(H,34,39)(H,35,40);1H4. The highest BCUT2D eigenvalue weighted by molar-refractivity contribution is 7.98. The van der Waals surface area contributed by atoms with Crippen LogP contribution in [0.25, 0.3) is 0 Å². The Morgan fingerprint density at radius 2 is 0.854 bits per heavy atom. The molecule has 6 N–H and O–H groups in total. The van der Waals surface area contributed by atoms with Crippen molar-refractivity contribution in [1.29, 1.82) is 0 Å². The molecule has 0 saturated carbocycles. The van der Waals surface area contributed by atoms with E-state index in [-0.39, 0.29) is 128 Å². The van der Waals surface area contributed by atoms with Crippen LogP contribution in [0.15, 0.2) is 60.7 Å². The van der Waals surface area contributed by atoms with E-state index < -0.39 is 53.7 Å². The fraction of sp³-hybridized carbons (Fsp3) is 0.686. The zero-order chi connectivity index (χ0) is 66.3. The number of carbonyl (C=O) groups excluding carboxylic acids is 10. The van der Waals surface area contributed by atoms with E-state index in [4.69, 9.17) is 15.2 Å². The number of rotatable bonds is 45. The van der Waals surface area contributed by atoms with Crippen molar-refractivity contribution < 1.29 is 57.4 Å². The Morgan fingerprint density at radius 3 is 1.20 bits per heavy atom. The molecule has 7 atom stereocenters. The third-order valence-corrected chi connectivity index (χ3v) is 16.0. The topological polar surface area (TPSA) is 263 Å². The Labute approximate surface area is 543 Å². The van der Waals surface area contributed by atoms with Crippen molar-refractivity contribution in [2.75, 3.05) is 50.3 Å². The van der Waals surface area contributed by atoms with Crippen LogP contribution in [-0.2, 0) is 70.3 Å². The predicted octanol–water partition coefficient (Wildman–Crippen LogP) is 10.8. The smallest absolute Gasteiger partial charge is 0.306 e. The van der Waals surface area contributed by atoms with E-state index in [1.165, 1.54) is 0 Å². The average Bonchev–Trinajstić information content (AvgIpc) is 2.36. The normalized spacial score (nSPS) is 13.6. The Bertz CT molecular complexity index is 2400. The molecular weight excluding hydrogens is 1170 g/mol. The second kappa shape index (κ2) is 47.5. The number of Topliss-reactive ketones (excluding diaryl/α,β-unsaturated/α-hetero) is 4. The number of thioether (sulfide) groups is 2. The van der Waals surface area contributed by atoms with Gasteiger partial charge >= 0.3 is 11.9 Å². The van der Waals surface area contributed by atoms with Crippen LogP contribution in [0.5, 0.6) is 0 Å². The van der Waals surface area contributed by atoms with Crippen molar-refractivity contribution in [3.8, 4) is 0 Å². The number of hydrogen-bond donors (Lipinski definition) is 5. The maximum Gasteiger partial charge on any atom is 0.306 e. The van der Waals surface area contributed by atoms with E-state index in [0.717, 1.165) is 11.1 Å². The van der Waals surface area contributed by atoms with Crippen LogP contribution in [0.3, 0.4) is 0 Å². The Morgan fingerprint density at radius 1 is 0.461 bits per heavy atom. The summed E-state index contributed by atoms with van der Waals surface area (Å²) in [4.78, 5) is 130.